The quantitative estimate of drug-likeness (QED) is 0.701. The molecule has 0 amide bonds. The van der Waals surface area contributed by atoms with Crippen molar-refractivity contribution < 1.29 is 4.74 Å². The second-order valence-corrected chi connectivity index (χ2v) is 6.37. The van der Waals surface area contributed by atoms with Crippen molar-refractivity contribution in [3.8, 4) is 5.75 Å². The van der Waals surface area contributed by atoms with Crippen molar-refractivity contribution in [1.29, 1.82) is 0 Å². The molecule has 0 radical (unpaired) electrons. The molecule has 1 atom stereocenters. The van der Waals surface area contributed by atoms with Gasteiger partial charge in [0, 0.05) is 29.7 Å². The smallest absolute Gasteiger partial charge is 0.120 e. The first-order chi connectivity index (χ1) is 11.1. The average Bonchev–Trinajstić information content (AvgIpc) is 2.81. The van der Waals surface area contributed by atoms with Crippen LogP contribution in [0.2, 0.25) is 0 Å². The van der Waals surface area contributed by atoms with Gasteiger partial charge in [0.2, 0.25) is 0 Å². The zero-order valence-electron chi connectivity index (χ0n) is 15.4. The van der Waals surface area contributed by atoms with E-state index < -0.39 is 0 Å². The van der Waals surface area contributed by atoms with Gasteiger partial charge in [0.25, 0.3) is 0 Å². The van der Waals surface area contributed by atoms with E-state index in [-0.39, 0.29) is 6.10 Å². The molecular formula is C20H32N2O. The van der Waals surface area contributed by atoms with E-state index >= 15 is 0 Å². The second-order valence-electron chi connectivity index (χ2n) is 6.37. The van der Waals surface area contributed by atoms with E-state index in [1.165, 1.54) is 35.0 Å². The molecule has 0 saturated heterocycles. The van der Waals surface area contributed by atoms with Crippen LogP contribution in [-0.2, 0) is 13.1 Å². The summed E-state index contributed by atoms with van der Waals surface area (Å²) >= 11 is 0. The number of benzene rings is 1. The number of aryl methyl sites for hydroxylation is 1. The summed E-state index contributed by atoms with van der Waals surface area (Å²) in [6.07, 6.45) is 3.72. The maximum atomic E-state index is 6.03. The van der Waals surface area contributed by atoms with Crippen LogP contribution in [0.15, 0.2) is 18.2 Å². The van der Waals surface area contributed by atoms with E-state index in [1.54, 1.807) is 0 Å². The van der Waals surface area contributed by atoms with Gasteiger partial charge in [-0.3, -0.25) is 0 Å². The fourth-order valence-electron chi connectivity index (χ4n) is 3.00. The topological polar surface area (TPSA) is 26.2 Å². The molecule has 0 bridgehead atoms. The van der Waals surface area contributed by atoms with Crippen molar-refractivity contribution in [2.45, 2.75) is 73.1 Å². The lowest BCUT2D eigenvalue weighted by molar-refractivity contribution is 0.217. The highest BCUT2D eigenvalue weighted by Gasteiger charge is 2.14. The van der Waals surface area contributed by atoms with Crippen LogP contribution in [0, 0.1) is 6.92 Å². The summed E-state index contributed by atoms with van der Waals surface area (Å²) in [4.78, 5) is 0. The average molecular weight is 316 g/mol. The maximum Gasteiger partial charge on any atom is 0.120 e. The van der Waals surface area contributed by atoms with E-state index in [2.05, 4.69) is 62.7 Å². The SMILES string of the molecule is CCCCn1c(C)c(CNCC)c2cc(O[C@H](C)CC)ccc21. The molecule has 0 aliphatic heterocycles. The summed E-state index contributed by atoms with van der Waals surface area (Å²) in [6.45, 7) is 13.9. The van der Waals surface area contributed by atoms with Crippen molar-refractivity contribution >= 4 is 10.9 Å². The molecule has 3 nitrogen and oxygen atoms in total. The predicted octanol–water partition coefficient (Wildman–Crippen LogP) is 5.04. The molecule has 1 aromatic carbocycles. The fourth-order valence-corrected chi connectivity index (χ4v) is 3.00. The minimum Gasteiger partial charge on any atom is -0.491 e. The van der Waals surface area contributed by atoms with Crippen LogP contribution in [0.5, 0.6) is 5.75 Å². The van der Waals surface area contributed by atoms with Crippen molar-refractivity contribution in [2.75, 3.05) is 6.54 Å². The molecule has 1 N–H and O–H groups in total. The van der Waals surface area contributed by atoms with Gasteiger partial charge < -0.3 is 14.6 Å². The Morgan fingerprint density at radius 3 is 2.65 bits per heavy atom. The Kier molecular flexibility index (Phi) is 6.52. The Labute approximate surface area is 141 Å². The molecule has 128 valence electrons. The van der Waals surface area contributed by atoms with Crippen molar-refractivity contribution in [2.24, 2.45) is 0 Å². The van der Waals surface area contributed by atoms with Gasteiger partial charge in [-0.1, -0.05) is 27.2 Å². The van der Waals surface area contributed by atoms with Crippen LogP contribution >= 0.6 is 0 Å². The third-order valence-electron chi connectivity index (χ3n) is 4.62. The van der Waals surface area contributed by atoms with E-state index in [0.29, 0.717) is 0 Å². The second kappa shape index (κ2) is 8.39. The molecule has 0 spiro atoms. The number of ether oxygens (including phenoxy) is 1. The number of aromatic nitrogens is 1. The van der Waals surface area contributed by atoms with Gasteiger partial charge in [-0.2, -0.15) is 0 Å². The summed E-state index contributed by atoms with van der Waals surface area (Å²) < 4.78 is 8.50. The molecule has 1 heterocycles. The number of hydrogen-bond acceptors (Lipinski definition) is 2. The Morgan fingerprint density at radius 1 is 1.22 bits per heavy atom. The first-order valence-electron chi connectivity index (χ1n) is 9.11. The molecule has 3 heteroatoms. The highest BCUT2D eigenvalue weighted by molar-refractivity contribution is 5.87. The Hall–Kier alpha value is -1.48. The molecule has 0 fully saturated rings. The lowest BCUT2D eigenvalue weighted by atomic mass is 10.1. The van der Waals surface area contributed by atoms with Crippen LogP contribution in [0.25, 0.3) is 10.9 Å². The summed E-state index contributed by atoms with van der Waals surface area (Å²) in [7, 11) is 0. The summed E-state index contributed by atoms with van der Waals surface area (Å²) in [5.41, 5.74) is 4.13. The Bertz CT molecular complexity index is 630. The first-order valence-corrected chi connectivity index (χ1v) is 9.11. The fraction of sp³-hybridized carbons (Fsp3) is 0.600. The zero-order chi connectivity index (χ0) is 16.8. The van der Waals surface area contributed by atoms with Crippen molar-refractivity contribution in [1.82, 2.24) is 9.88 Å². The monoisotopic (exact) mass is 316 g/mol. The van der Waals surface area contributed by atoms with Crippen LogP contribution in [0.4, 0.5) is 0 Å². The lowest BCUT2D eigenvalue weighted by Gasteiger charge is -2.13. The molecule has 0 aliphatic rings. The van der Waals surface area contributed by atoms with Gasteiger partial charge in [0.15, 0.2) is 0 Å². The number of hydrogen-bond donors (Lipinski definition) is 1. The Balaban J connectivity index is 2.45. The van der Waals surface area contributed by atoms with Gasteiger partial charge in [-0.25, -0.2) is 0 Å². The molecule has 23 heavy (non-hydrogen) atoms. The van der Waals surface area contributed by atoms with Crippen LogP contribution in [-0.4, -0.2) is 17.2 Å². The summed E-state index contributed by atoms with van der Waals surface area (Å²) in [5.74, 6) is 0.984. The first kappa shape index (κ1) is 17.9. The van der Waals surface area contributed by atoms with E-state index in [0.717, 1.165) is 31.8 Å². The lowest BCUT2D eigenvalue weighted by Crippen LogP contribution is -2.13. The molecule has 1 aromatic heterocycles. The molecule has 0 aliphatic carbocycles. The number of nitrogens with zero attached hydrogens (tertiary/aromatic N) is 1. The van der Waals surface area contributed by atoms with E-state index in [9.17, 15) is 0 Å². The molecule has 0 unspecified atom stereocenters. The highest BCUT2D eigenvalue weighted by atomic mass is 16.5. The van der Waals surface area contributed by atoms with E-state index in [1.807, 2.05) is 0 Å². The maximum absolute atomic E-state index is 6.03. The Morgan fingerprint density at radius 2 is 2.00 bits per heavy atom. The molecule has 0 saturated carbocycles. The van der Waals surface area contributed by atoms with Gasteiger partial charge in [-0.15, -0.1) is 0 Å². The van der Waals surface area contributed by atoms with Crippen molar-refractivity contribution in [3.63, 3.8) is 0 Å². The van der Waals surface area contributed by atoms with Gasteiger partial charge in [-0.05, 0) is 57.0 Å². The standard InChI is InChI=1S/C20H32N2O/c1-6-9-12-22-16(5)19(14-21-8-3)18-13-17(10-11-20(18)22)23-15(4)7-2/h10-11,13,15,21H,6-9,12,14H2,1-5H3/t15-/m1/s1. The van der Waals surface area contributed by atoms with Crippen LogP contribution < -0.4 is 10.1 Å². The van der Waals surface area contributed by atoms with Crippen LogP contribution in [0.3, 0.4) is 0 Å². The van der Waals surface area contributed by atoms with Gasteiger partial charge >= 0.3 is 0 Å². The van der Waals surface area contributed by atoms with Gasteiger partial charge in [0.05, 0.1) is 6.10 Å². The predicted molar refractivity (Wildman–Crippen MR) is 99.3 cm³/mol. The normalized spacial score (nSPS) is 12.7. The third-order valence-corrected chi connectivity index (χ3v) is 4.62. The minimum absolute atomic E-state index is 0.257. The molecular weight excluding hydrogens is 284 g/mol. The zero-order valence-corrected chi connectivity index (χ0v) is 15.4. The van der Waals surface area contributed by atoms with Crippen LogP contribution in [0.1, 0.15) is 58.2 Å². The summed E-state index contributed by atoms with van der Waals surface area (Å²) in [5, 5.41) is 4.82. The van der Waals surface area contributed by atoms with E-state index in [4.69, 9.17) is 4.74 Å². The van der Waals surface area contributed by atoms with Gasteiger partial charge in [0.1, 0.15) is 5.75 Å². The number of nitrogens with one attached hydrogen (secondary N) is 1. The molecule has 2 aromatic rings. The number of unbranched alkanes of at least 4 members (excludes halogenated alkanes) is 1. The number of fused-ring (bicyclic) bond motifs is 1. The largest absolute Gasteiger partial charge is 0.491 e. The number of rotatable bonds is 9. The summed E-state index contributed by atoms with van der Waals surface area (Å²) in [6, 6.07) is 6.57. The minimum atomic E-state index is 0.257. The van der Waals surface area contributed by atoms with Crippen molar-refractivity contribution in [3.05, 3.63) is 29.5 Å². The third kappa shape index (κ3) is 4.08. The molecule has 2 rings (SSSR count). The highest BCUT2D eigenvalue weighted by Crippen LogP contribution is 2.30.